The minimum Gasteiger partial charge on any atom is -0.371 e. The van der Waals surface area contributed by atoms with E-state index in [0.29, 0.717) is 0 Å². The molecule has 1 aliphatic heterocycles. The number of hydrogen-bond acceptors (Lipinski definition) is 3. The number of hydrogen-bond donors (Lipinski definition) is 2. The van der Waals surface area contributed by atoms with Gasteiger partial charge in [-0.15, -0.1) is 0 Å². The third-order valence-corrected chi connectivity index (χ3v) is 3.97. The van der Waals surface area contributed by atoms with E-state index >= 15 is 0 Å². The number of para-hydroxylation sites is 1. The van der Waals surface area contributed by atoms with Crippen molar-refractivity contribution in [3.63, 3.8) is 0 Å². The predicted molar refractivity (Wildman–Crippen MR) is 81.7 cm³/mol. The van der Waals surface area contributed by atoms with Gasteiger partial charge in [-0.3, -0.25) is 0 Å². The molecule has 1 atom stereocenters. The molecule has 2 aromatic rings. The molecular formula is C16H22N4. The van der Waals surface area contributed by atoms with Gasteiger partial charge in [0.2, 0.25) is 0 Å². The number of aromatic amines is 1. The van der Waals surface area contributed by atoms with Gasteiger partial charge in [-0.25, -0.2) is 4.98 Å². The van der Waals surface area contributed by atoms with Gasteiger partial charge in [-0.05, 0) is 31.4 Å². The Balaban J connectivity index is 1.68. The number of imidazole rings is 1. The molecule has 1 aliphatic rings. The number of rotatable bonds is 5. The maximum atomic E-state index is 4.30. The van der Waals surface area contributed by atoms with Crippen LogP contribution in [0.4, 0.5) is 5.69 Å². The highest BCUT2D eigenvalue weighted by molar-refractivity contribution is 5.54. The Kier molecular flexibility index (Phi) is 4.02. The van der Waals surface area contributed by atoms with Gasteiger partial charge in [0, 0.05) is 37.7 Å². The summed E-state index contributed by atoms with van der Waals surface area (Å²) < 4.78 is 0. The van der Waals surface area contributed by atoms with Gasteiger partial charge >= 0.3 is 0 Å². The van der Waals surface area contributed by atoms with E-state index in [1.165, 1.54) is 37.2 Å². The fourth-order valence-electron chi connectivity index (χ4n) is 2.80. The van der Waals surface area contributed by atoms with Crippen LogP contribution in [0.15, 0.2) is 36.7 Å². The highest BCUT2D eigenvalue weighted by Crippen LogP contribution is 2.24. The Labute approximate surface area is 120 Å². The zero-order chi connectivity index (χ0) is 13.8. The molecule has 20 heavy (non-hydrogen) atoms. The summed E-state index contributed by atoms with van der Waals surface area (Å²) in [5.74, 6) is 0.989. The first-order chi connectivity index (χ1) is 9.84. The summed E-state index contributed by atoms with van der Waals surface area (Å²) in [6, 6.07) is 8.94. The van der Waals surface area contributed by atoms with Crippen molar-refractivity contribution in [1.29, 1.82) is 0 Å². The minimum atomic E-state index is 0.233. The van der Waals surface area contributed by atoms with E-state index in [2.05, 4.69) is 51.4 Å². The summed E-state index contributed by atoms with van der Waals surface area (Å²) in [5, 5.41) is 3.54. The van der Waals surface area contributed by atoms with E-state index in [9.17, 15) is 0 Å². The van der Waals surface area contributed by atoms with Crippen LogP contribution >= 0.6 is 0 Å². The van der Waals surface area contributed by atoms with E-state index in [1.807, 2.05) is 6.20 Å². The molecule has 2 N–H and O–H groups in total. The molecule has 1 fully saturated rings. The van der Waals surface area contributed by atoms with E-state index < -0.39 is 0 Å². The van der Waals surface area contributed by atoms with Crippen LogP contribution in [0.2, 0.25) is 0 Å². The molecule has 106 valence electrons. The lowest BCUT2D eigenvalue weighted by Gasteiger charge is -2.22. The standard InChI is InChI=1S/C16H22N4/c1-13(16-17-8-9-18-16)19-12-14-6-2-3-7-15(14)20-10-4-5-11-20/h2-3,6-9,13,19H,4-5,10-12H2,1H3,(H,17,18). The normalized spacial score (nSPS) is 16.6. The highest BCUT2D eigenvalue weighted by Gasteiger charge is 2.15. The molecular weight excluding hydrogens is 248 g/mol. The largest absolute Gasteiger partial charge is 0.371 e. The molecule has 1 aromatic heterocycles. The molecule has 0 bridgehead atoms. The lowest BCUT2D eigenvalue weighted by atomic mass is 10.1. The van der Waals surface area contributed by atoms with Crippen molar-refractivity contribution in [3.8, 4) is 0 Å². The van der Waals surface area contributed by atoms with Crippen molar-refractivity contribution >= 4 is 5.69 Å². The average Bonchev–Trinajstić information content (AvgIpc) is 3.17. The monoisotopic (exact) mass is 270 g/mol. The minimum absolute atomic E-state index is 0.233. The SMILES string of the molecule is CC(NCc1ccccc1N1CCCC1)c1ncc[nH]1. The van der Waals surface area contributed by atoms with Crippen molar-refractivity contribution in [1.82, 2.24) is 15.3 Å². The van der Waals surface area contributed by atoms with Crippen molar-refractivity contribution < 1.29 is 0 Å². The van der Waals surface area contributed by atoms with E-state index in [0.717, 1.165) is 12.4 Å². The summed E-state index contributed by atoms with van der Waals surface area (Å²) in [7, 11) is 0. The Morgan fingerprint density at radius 3 is 2.85 bits per heavy atom. The predicted octanol–water partition coefficient (Wildman–Crippen LogP) is 2.86. The third-order valence-electron chi connectivity index (χ3n) is 3.97. The van der Waals surface area contributed by atoms with Gasteiger partial charge in [-0.2, -0.15) is 0 Å². The molecule has 0 spiro atoms. The zero-order valence-electron chi connectivity index (χ0n) is 12.0. The second kappa shape index (κ2) is 6.09. The molecule has 0 saturated carbocycles. The van der Waals surface area contributed by atoms with Gasteiger partial charge in [0.1, 0.15) is 5.82 Å². The van der Waals surface area contributed by atoms with Crippen LogP contribution in [-0.4, -0.2) is 23.1 Å². The Morgan fingerprint density at radius 1 is 1.30 bits per heavy atom. The summed E-state index contributed by atoms with van der Waals surface area (Å²) in [6.45, 7) is 5.38. The van der Waals surface area contributed by atoms with Crippen LogP contribution in [0.3, 0.4) is 0 Å². The zero-order valence-corrected chi connectivity index (χ0v) is 12.0. The molecule has 4 nitrogen and oxygen atoms in total. The second-order valence-electron chi connectivity index (χ2n) is 5.40. The molecule has 0 radical (unpaired) electrons. The van der Waals surface area contributed by atoms with Crippen molar-refractivity contribution in [2.45, 2.75) is 32.4 Å². The maximum Gasteiger partial charge on any atom is 0.122 e. The summed E-state index contributed by atoms with van der Waals surface area (Å²) >= 11 is 0. The second-order valence-corrected chi connectivity index (χ2v) is 5.40. The van der Waals surface area contributed by atoms with Crippen LogP contribution < -0.4 is 10.2 Å². The van der Waals surface area contributed by atoms with Crippen molar-refractivity contribution in [2.75, 3.05) is 18.0 Å². The van der Waals surface area contributed by atoms with Gasteiger partial charge in [0.05, 0.1) is 6.04 Å². The quantitative estimate of drug-likeness (QED) is 0.878. The van der Waals surface area contributed by atoms with Crippen LogP contribution in [0, 0.1) is 0 Å². The van der Waals surface area contributed by atoms with Crippen molar-refractivity contribution in [2.24, 2.45) is 0 Å². The number of nitrogens with one attached hydrogen (secondary N) is 2. The molecule has 4 heteroatoms. The van der Waals surface area contributed by atoms with E-state index in [1.54, 1.807) is 6.20 Å². The highest BCUT2D eigenvalue weighted by atomic mass is 15.1. The molecule has 1 aromatic carbocycles. The maximum absolute atomic E-state index is 4.30. The fraction of sp³-hybridized carbons (Fsp3) is 0.438. The summed E-state index contributed by atoms with van der Waals surface area (Å²) in [6.07, 6.45) is 6.28. The van der Waals surface area contributed by atoms with Crippen molar-refractivity contribution in [3.05, 3.63) is 48.0 Å². The average molecular weight is 270 g/mol. The van der Waals surface area contributed by atoms with E-state index in [-0.39, 0.29) is 6.04 Å². The molecule has 2 heterocycles. The third kappa shape index (κ3) is 2.85. The lowest BCUT2D eigenvalue weighted by molar-refractivity contribution is 0.550. The number of benzene rings is 1. The topological polar surface area (TPSA) is 44.0 Å². The number of anilines is 1. The fourth-order valence-corrected chi connectivity index (χ4v) is 2.80. The Hall–Kier alpha value is -1.81. The molecule has 3 rings (SSSR count). The summed E-state index contributed by atoms with van der Waals surface area (Å²) in [5.41, 5.74) is 2.75. The lowest BCUT2D eigenvalue weighted by Crippen LogP contribution is -2.23. The first-order valence-corrected chi connectivity index (χ1v) is 7.40. The molecule has 1 unspecified atom stereocenters. The Bertz CT molecular complexity index is 529. The molecule has 0 amide bonds. The number of aromatic nitrogens is 2. The first-order valence-electron chi connectivity index (χ1n) is 7.40. The van der Waals surface area contributed by atoms with Crippen LogP contribution in [0.25, 0.3) is 0 Å². The van der Waals surface area contributed by atoms with Gasteiger partial charge in [0.15, 0.2) is 0 Å². The number of nitrogens with zero attached hydrogens (tertiary/aromatic N) is 2. The smallest absolute Gasteiger partial charge is 0.122 e. The van der Waals surface area contributed by atoms with Gasteiger partial charge in [0.25, 0.3) is 0 Å². The Morgan fingerprint density at radius 2 is 2.10 bits per heavy atom. The van der Waals surface area contributed by atoms with E-state index in [4.69, 9.17) is 0 Å². The summed E-state index contributed by atoms with van der Waals surface area (Å²) in [4.78, 5) is 9.95. The van der Waals surface area contributed by atoms with Gasteiger partial charge in [-0.1, -0.05) is 18.2 Å². The van der Waals surface area contributed by atoms with Crippen LogP contribution in [0.1, 0.15) is 37.2 Å². The van der Waals surface area contributed by atoms with Gasteiger partial charge < -0.3 is 15.2 Å². The van der Waals surface area contributed by atoms with Crippen LogP contribution in [-0.2, 0) is 6.54 Å². The van der Waals surface area contributed by atoms with Crippen LogP contribution in [0.5, 0.6) is 0 Å². The first kappa shape index (κ1) is 13.2. The number of H-pyrrole nitrogens is 1. The molecule has 0 aliphatic carbocycles. The molecule has 1 saturated heterocycles.